The van der Waals surface area contributed by atoms with E-state index < -0.39 is 12.1 Å². The van der Waals surface area contributed by atoms with Crippen molar-refractivity contribution in [2.75, 3.05) is 20.3 Å². The van der Waals surface area contributed by atoms with Crippen molar-refractivity contribution in [1.29, 1.82) is 0 Å². The van der Waals surface area contributed by atoms with Gasteiger partial charge in [-0.25, -0.2) is 4.79 Å². The molecule has 2 rings (SSSR count). The first kappa shape index (κ1) is 16.0. The molecule has 0 saturated heterocycles. The molecule has 0 bridgehead atoms. The highest BCUT2D eigenvalue weighted by Gasteiger charge is 2.16. The molecule has 0 aliphatic rings. The van der Waals surface area contributed by atoms with Gasteiger partial charge in [0, 0.05) is 7.11 Å². The maximum absolute atomic E-state index is 11.7. The molecular weight excluding hydrogens is 280 g/mol. The highest BCUT2D eigenvalue weighted by Crippen LogP contribution is 2.22. The first-order valence-electron chi connectivity index (χ1n) is 7.18. The Morgan fingerprint density at radius 3 is 2.23 bits per heavy atom. The van der Waals surface area contributed by atoms with Crippen LogP contribution in [0.5, 0.6) is 5.75 Å². The minimum Gasteiger partial charge on any atom is -0.479 e. The number of esters is 1. The number of rotatable bonds is 7. The average Bonchev–Trinajstić information content (AvgIpc) is 2.56. The van der Waals surface area contributed by atoms with Crippen LogP contribution in [0.15, 0.2) is 54.6 Å². The Morgan fingerprint density at radius 2 is 1.59 bits per heavy atom. The minimum absolute atomic E-state index is 0.232. The Morgan fingerprint density at radius 1 is 0.955 bits per heavy atom. The molecule has 0 saturated carbocycles. The molecule has 0 fully saturated rings. The van der Waals surface area contributed by atoms with Crippen LogP contribution in [0.2, 0.25) is 0 Å². The van der Waals surface area contributed by atoms with Crippen LogP contribution in [0.4, 0.5) is 0 Å². The third-order valence-electron chi connectivity index (χ3n) is 3.14. The van der Waals surface area contributed by atoms with E-state index in [4.69, 9.17) is 14.2 Å². The van der Waals surface area contributed by atoms with Gasteiger partial charge in [0.1, 0.15) is 12.4 Å². The molecule has 4 nitrogen and oxygen atoms in total. The Kier molecular flexibility index (Phi) is 5.98. The lowest BCUT2D eigenvalue weighted by Crippen LogP contribution is -2.27. The van der Waals surface area contributed by atoms with Crippen molar-refractivity contribution in [1.82, 2.24) is 0 Å². The smallest absolute Gasteiger partial charge is 0.347 e. The van der Waals surface area contributed by atoms with E-state index in [-0.39, 0.29) is 6.61 Å². The van der Waals surface area contributed by atoms with Gasteiger partial charge >= 0.3 is 5.97 Å². The van der Waals surface area contributed by atoms with Crippen molar-refractivity contribution in [2.45, 2.75) is 13.0 Å². The lowest BCUT2D eigenvalue weighted by Gasteiger charge is -2.14. The molecule has 4 heteroatoms. The van der Waals surface area contributed by atoms with Gasteiger partial charge in [-0.15, -0.1) is 0 Å². The van der Waals surface area contributed by atoms with Gasteiger partial charge in [0.2, 0.25) is 0 Å². The van der Waals surface area contributed by atoms with Crippen molar-refractivity contribution < 1.29 is 19.0 Å². The van der Waals surface area contributed by atoms with Crippen molar-refractivity contribution >= 4 is 5.97 Å². The number of hydrogen-bond donors (Lipinski definition) is 0. The van der Waals surface area contributed by atoms with Crippen LogP contribution in [0, 0.1) is 0 Å². The van der Waals surface area contributed by atoms with Gasteiger partial charge < -0.3 is 14.2 Å². The number of benzene rings is 2. The Bertz CT molecular complexity index is 578. The third-order valence-corrected chi connectivity index (χ3v) is 3.14. The highest BCUT2D eigenvalue weighted by molar-refractivity contribution is 5.74. The summed E-state index contributed by atoms with van der Waals surface area (Å²) in [4.78, 5) is 11.7. The van der Waals surface area contributed by atoms with Gasteiger partial charge in [-0.3, -0.25) is 0 Å². The molecule has 0 amide bonds. The zero-order valence-corrected chi connectivity index (χ0v) is 12.8. The molecule has 0 radical (unpaired) electrons. The second-order valence-electron chi connectivity index (χ2n) is 4.81. The van der Waals surface area contributed by atoms with Gasteiger partial charge in [0.05, 0.1) is 6.61 Å². The molecule has 116 valence electrons. The predicted octanol–water partition coefficient (Wildman–Crippen LogP) is 3.31. The Hall–Kier alpha value is -2.33. The van der Waals surface area contributed by atoms with E-state index in [1.807, 2.05) is 54.6 Å². The summed E-state index contributed by atoms with van der Waals surface area (Å²) < 4.78 is 15.4. The van der Waals surface area contributed by atoms with Crippen molar-refractivity contribution in [3.05, 3.63) is 54.6 Å². The van der Waals surface area contributed by atoms with Gasteiger partial charge in [-0.05, 0) is 30.2 Å². The van der Waals surface area contributed by atoms with E-state index >= 15 is 0 Å². The van der Waals surface area contributed by atoms with Crippen LogP contribution in [-0.4, -0.2) is 32.4 Å². The first-order chi connectivity index (χ1) is 10.7. The van der Waals surface area contributed by atoms with E-state index in [0.29, 0.717) is 12.4 Å². The topological polar surface area (TPSA) is 44.8 Å². The van der Waals surface area contributed by atoms with Gasteiger partial charge in [0.25, 0.3) is 0 Å². The number of carbonyl (C=O) groups is 1. The summed E-state index contributed by atoms with van der Waals surface area (Å²) in [7, 11) is 1.56. The van der Waals surface area contributed by atoms with Gasteiger partial charge in [0.15, 0.2) is 6.10 Å². The normalized spacial score (nSPS) is 11.7. The predicted molar refractivity (Wildman–Crippen MR) is 84.8 cm³/mol. The Balaban J connectivity index is 1.92. The first-order valence-corrected chi connectivity index (χ1v) is 7.18. The maximum Gasteiger partial charge on any atom is 0.347 e. The van der Waals surface area contributed by atoms with Crippen LogP contribution in [0.1, 0.15) is 6.92 Å². The number of carbonyl (C=O) groups excluding carboxylic acids is 1. The fourth-order valence-electron chi connectivity index (χ4n) is 1.95. The molecule has 1 atom stereocenters. The zero-order chi connectivity index (χ0) is 15.8. The molecule has 0 aliphatic carbocycles. The lowest BCUT2D eigenvalue weighted by molar-refractivity contribution is -0.152. The van der Waals surface area contributed by atoms with E-state index in [0.717, 1.165) is 11.1 Å². The molecule has 2 aromatic carbocycles. The van der Waals surface area contributed by atoms with Gasteiger partial charge in [-0.1, -0.05) is 42.5 Å². The van der Waals surface area contributed by atoms with E-state index in [1.165, 1.54) is 0 Å². The quantitative estimate of drug-likeness (QED) is 0.581. The molecule has 0 unspecified atom stereocenters. The monoisotopic (exact) mass is 300 g/mol. The summed E-state index contributed by atoms with van der Waals surface area (Å²) in [6, 6.07) is 17.7. The molecule has 0 aromatic heterocycles. The van der Waals surface area contributed by atoms with Crippen molar-refractivity contribution in [3.8, 4) is 16.9 Å². The Labute approximate surface area is 130 Å². The second-order valence-corrected chi connectivity index (χ2v) is 4.81. The van der Waals surface area contributed by atoms with Crippen LogP contribution >= 0.6 is 0 Å². The molecule has 0 spiro atoms. The fraction of sp³-hybridized carbons (Fsp3) is 0.278. The summed E-state index contributed by atoms with van der Waals surface area (Å²) in [6.07, 6.45) is -0.653. The van der Waals surface area contributed by atoms with Crippen LogP contribution in [-0.2, 0) is 14.3 Å². The largest absolute Gasteiger partial charge is 0.479 e. The van der Waals surface area contributed by atoms with Crippen LogP contribution < -0.4 is 4.74 Å². The average molecular weight is 300 g/mol. The van der Waals surface area contributed by atoms with Crippen LogP contribution in [0.3, 0.4) is 0 Å². The highest BCUT2D eigenvalue weighted by atomic mass is 16.6. The van der Waals surface area contributed by atoms with Crippen LogP contribution in [0.25, 0.3) is 11.1 Å². The molecule has 0 N–H and O–H groups in total. The summed E-state index contributed by atoms with van der Waals surface area (Å²) in [6.45, 7) is 2.28. The number of methoxy groups -OCH3 is 1. The molecular formula is C18H20O4. The zero-order valence-electron chi connectivity index (χ0n) is 12.8. The maximum atomic E-state index is 11.7. The molecule has 0 heterocycles. The molecule has 0 aliphatic heterocycles. The van der Waals surface area contributed by atoms with Gasteiger partial charge in [-0.2, -0.15) is 0 Å². The number of ether oxygens (including phenoxy) is 3. The second kappa shape index (κ2) is 8.20. The van der Waals surface area contributed by atoms with Crippen molar-refractivity contribution in [2.24, 2.45) is 0 Å². The molecule has 2 aromatic rings. The van der Waals surface area contributed by atoms with E-state index in [1.54, 1.807) is 14.0 Å². The lowest BCUT2D eigenvalue weighted by atomic mass is 10.1. The summed E-state index contributed by atoms with van der Waals surface area (Å²) in [5.41, 5.74) is 2.24. The van der Waals surface area contributed by atoms with E-state index in [9.17, 15) is 4.79 Å². The SMILES string of the molecule is COCCOC(=O)[C@H](C)Oc1ccc(-c2ccccc2)cc1. The summed E-state index contributed by atoms with van der Waals surface area (Å²) >= 11 is 0. The molecule has 22 heavy (non-hydrogen) atoms. The van der Waals surface area contributed by atoms with Crippen molar-refractivity contribution in [3.63, 3.8) is 0 Å². The standard InChI is InChI=1S/C18H20O4/c1-14(18(19)21-13-12-20-2)22-17-10-8-16(9-11-17)15-6-4-3-5-7-15/h3-11,14H,12-13H2,1-2H3/t14-/m0/s1. The number of hydrogen-bond acceptors (Lipinski definition) is 4. The van der Waals surface area contributed by atoms with E-state index in [2.05, 4.69) is 0 Å². The third kappa shape index (κ3) is 4.60. The summed E-state index contributed by atoms with van der Waals surface area (Å²) in [5, 5.41) is 0. The minimum atomic E-state index is -0.653. The summed E-state index contributed by atoms with van der Waals surface area (Å²) in [5.74, 6) is 0.236. The fourth-order valence-corrected chi connectivity index (χ4v) is 1.95.